The molecule has 10 heteroatoms. The molecule has 0 aliphatic carbocycles. The van der Waals surface area contributed by atoms with Crippen molar-refractivity contribution in [2.45, 2.75) is 43.2 Å². The highest BCUT2D eigenvalue weighted by atomic mass is 32.2. The van der Waals surface area contributed by atoms with Crippen LogP contribution in [0.15, 0.2) is 53.4 Å². The Morgan fingerprint density at radius 1 is 1.09 bits per heavy atom. The SMILES string of the molecule is CCCC[C@]1(c2ccc(F)cc2)NC(=O)N(Cc2cccc(S(=O)(=O)N3CCOCC3)c2)C1=O. The van der Waals surface area contributed by atoms with Crippen LogP contribution in [-0.4, -0.2) is 55.9 Å². The Hall–Kier alpha value is -2.82. The fourth-order valence-electron chi connectivity index (χ4n) is 4.38. The fraction of sp³-hybridized carbons (Fsp3) is 0.417. The third kappa shape index (κ3) is 4.57. The molecule has 182 valence electrons. The van der Waals surface area contributed by atoms with Gasteiger partial charge in [-0.25, -0.2) is 17.6 Å². The highest BCUT2D eigenvalue weighted by Crippen LogP contribution is 2.35. The lowest BCUT2D eigenvalue weighted by molar-refractivity contribution is -0.132. The number of carbonyl (C=O) groups excluding carboxylic acids is 2. The Morgan fingerprint density at radius 3 is 2.47 bits per heavy atom. The van der Waals surface area contributed by atoms with Crippen molar-refractivity contribution in [3.8, 4) is 0 Å². The number of rotatable bonds is 8. The Morgan fingerprint density at radius 2 is 1.79 bits per heavy atom. The van der Waals surface area contributed by atoms with E-state index in [0.29, 0.717) is 37.2 Å². The molecule has 0 saturated carbocycles. The summed E-state index contributed by atoms with van der Waals surface area (Å²) in [5.41, 5.74) is -0.242. The van der Waals surface area contributed by atoms with E-state index < -0.39 is 33.3 Å². The number of unbranched alkanes of at least 4 members (excludes halogenated alkanes) is 1. The summed E-state index contributed by atoms with van der Waals surface area (Å²) in [5, 5.41) is 2.83. The molecule has 2 heterocycles. The Kier molecular flexibility index (Phi) is 7.01. The fourth-order valence-corrected chi connectivity index (χ4v) is 5.86. The number of hydrogen-bond acceptors (Lipinski definition) is 5. The number of morpholine rings is 1. The van der Waals surface area contributed by atoms with Gasteiger partial charge in [0.15, 0.2) is 0 Å². The van der Waals surface area contributed by atoms with Crippen LogP contribution in [0.1, 0.15) is 37.3 Å². The summed E-state index contributed by atoms with van der Waals surface area (Å²) >= 11 is 0. The smallest absolute Gasteiger partial charge is 0.325 e. The molecule has 2 aromatic carbocycles. The van der Waals surface area contributed by atoms with E-state index in [-0.39, 0.29) is 24.5 Å². The molecule has 0 spiro atoms. The molecule has 2 saturated heterocycles. The first-order chi connectivity index (χ1) is 16.3. The summed E-state index contributed by atoms with van der Waals surface area (Å²) in [4.78, 5) is 27.7. The molecule has 0 bridgehead atoms. The van der Waals surface area contributed by atoms with E-state index in [1.54, 1.807) is 12.1 Å². The molecule has 8 nitrogen and oxygen atoms in total. The normalized spacial score (nSPS) is 21.6. The number of imide groups is 1. The van der Waals surface area contributed by atoms with Gasteiger partial charge in [0.05, 0.1) is 24.7 Å². The zero-order chi connectivity index (χ0) is 24.3. The van der Waals surface area contributed by atoms with Crippen LogP contribution in [0.4, 0.5) is 9.18 Å². The van der Waals surface area contributed by atoms with Gasteiger partial charge in [0.1, 0.15) is 11.4 Å². The number of ether oxygens (including phenoxy) is 1. The molecule has 0 unspecified atom stereocenters. The van der Waals surface area contributed by atoms with Crippen LogP contribution >= 0.6 is 0 Å². The highest BCUT2D eigenvalue weighted by Gasteiger charge is 2.51. The largest absolute Gasteiger partial charge is 0.379 e. The van der Waals surface area contributed by atoms with Gasteiger partial charge in [-0.15, -0.1) is 0 Å². The van der Waals surface area contributed by atoms with Gasteiger partial charge in [-0.05, 0) is 41.8 Å². The second kappa shape index (κ2) is 9.81. The van der Waals surface area contributed by atoms with Gasteiger partial charge in [0, 0.05) is 13.1 Å². The predicted octanol–water partition coefficient (Wildman–Crippen LogP) is 2.98. The lowest BCUT2D eigenvalue weighted by Crippen LogP contribution is -2.44. The van der Waals surface area contributed by atoms with Crippen LogP contribution in [0, 0.1) is 5.82 Å². The number of nitrogens with zero attached hydrogens (tertiary/aromatic N) is 2. The quantitative estimate of drug-likeness (QED) is 0.575. The molecule has 2 aliphatic rings. The van der Waals surface area contributed by atoms with Gasteiger partial charge in [-0.3, -0.25) is 9.69 Å². The summed E-state index contributed by atoms with van der Waals surface area (Å²) in [6.45, 7) is 3.13. The van der Waals surface area contributed by atoms with E-state index in [4.69, 9.17) is 4.74 Å². The molecular weight excluding hydrogens is 461 g/mol. The van der Waals surface area contributed by atoms with Crippen LogP contribution in [0.25, 0.3) is 0 Å². The Balaban J connectivity index is 1.61. The zero-order valence-corrected chi connectivity index (χ0v) is 19.8. The number of nitrogens with one attached hydrogen (secondary N) is 1. The monoisotopic (exact) mass is 489 g/mol. The van der Waals surface area contributed by atoms with Crippen LogP contribution in [0.5, 0.6) is 0 Å². The second-order valence-electron chi connectivity index (χ2n) is 8.50. The maximum atomic E-state index is 13.6. The summed E-state index contributed by atoms with van der Waals surface area (Å²) < 4.78 is 46.2. The topological polar surface area (TPSA) is 96.0 Å². The maximum Gasteiger partial charge on any atom is 0.325 e. The minimum atomic E-state index is -3.71. The number of amides is 3. The van der Waals surface area contributed by atoms with E-state index in [2.05, 4.69) is 5.32 Å². The number of sulfonamides is 1. The zero-order valence-electron chi connectivity index (χ0n) is 19.0. The van der Waals surface area contributed by atoms with Crippen LogP contribution in [0.2, 0.25) is 0 Å². The maximum absolute atomic E-state index is 13.6. The third-order valence-electron chi connectivity index (χ3n) is 6.27. The van der Waals surface area contributed by atoms with Gasteiger partial charge in [-0.1, -0.05) is 44.0 Å². The standard InChI is InChI=1S/C24H28FN3O5S/c1-2-3-11-24(19-7-9-20(25)10-8-19)22(29)28(23(30)26-24)17-18-5-4-6-21(16-18)34(31,32)27-12-14-33-15-13-27/h4-10,16H,2-3,11-15,17H2,1H3,(H,26,30)/t24-/m1/s1. The molecule has 1 atom stereocenters. The van der Waals surface area contributed by atoms with Crippen molar-refractivity contribution in [2.75, 3.05) is 26.3 Å². The third-order valence-corrected chi connectivity index (χ3v) is 8.16. The Labute approximate surface area is 198 Å². The minimum absolute atomic E-state index is 0.0772. The average molecular weight is 490 g/mol. The van der Waals surface area contributed by atoms with Gasteiger partial charge in [-0.2, -0.15) is 4.31 Å². The first kappa shape index (κ1) is 24.3. The van der Waals surface area contributed by atoms with Gasteiger partial charge >= 0.3 is 6.03 Å². The summed E-state index contributed by atoms with van der Waals surface area (Å²) in [7, 11) is -3.71. The number of carbonyl (C=O) groups is 2. The lowest BCUT2D eigenvalue weighted by Gasteiger charge is -2.27. The average Bonchev–Trinajstić information content (AvgIpc) is 3.09. The molecular formula is C24H28FN3O5S. The number of benzene rings is 2. The molecule has 2 aliphatic heterocycles. The van der Waals surface area contributed by atoms with Crippen molar-refractivity contribution in [3.63, 3.8) is 0 Å². The number of halogens is 1. The molecule has 4 rings (SSSR count). The van der Waals surface area contributed by atoms with Crippen molar-refractivity contribution >= 4 is 22.0 Å². The second-order valence-corrected chi connectivity index (χ2v) is 10.4. The summed E-state index contributed by atoms with van der Waals surface area (Å²) in [5.74, 6) is -0.861. The van der Waals surface area contributed by atoms with Crippen molar-refractivity contribution in [1.82, 2.24) is 14.5 Å². The van der Waals surface area contributed by atoms with E-state index >= 15 is 0 Å². The van der Waals surface area contributed by atoms with E-state index in [1.807, 2.05) is 6.92 Å². The summed E-state index contributed by atoms with van der Waals surface area (Å²) in [6.07, 6.45) is 1.87. The molecule has 0 radical (unpaired) electrons. The Bertz CT molecular complexity index is 1170. The molecule has 3 amide bonds. The van der Waals surface area contributed by atoms with E-state index in [1.165, 1.54) is 40.7 Å². The predicted molar refractivity (Wildman–Crippen MR) is 123 cm³/mol. The van der Waals surface area contributed by atoms with Crippen LogP contribution < -0.4 is 5.32 Å². The molecule has 34 heavy (non-hydrogen) atoms. The lowest BCUT2D eigenvalue weighted by atomic mass is 9.84. The summed E-state index contributed by atoms with van der Waals surface area (Å²) in [6, 6.07) is 11.3. The first-order valence-electron chi connectivity index (χ1n) is 11.3. The number of hydrogen-bond donors (Lipinski definition) is 1. The van der Waals surface area contributed by atoms with Crippen LogP contribution in [-0.2, 0) is 31.6 Å². The van der Waals surface area contributed by atoms with Crippen molar-refractivity contribution in [3.05, 3.63) is 65.5 Å². The minimum Gasteiger partial charge on any atom is -0.379 e. The molecule has 0 aromatic heterocycles. The molecule has 2 aromatic rings. The van der Waals surface area contributed by atoms with Gasteiger partial charge in [0.25, 0.3) is 5.91 Å². The van der Waals surface area contributed by atoms with E-state index in [9.17, 15) is 22.4 Å². The molecule has 1 N–H and O–H groups in total. The highest BCUT2D eigenvalue weighted by molar-refractivity contribution is 7.89. The number of urea groups is 1. The van der Waals surface area contributed by atoms with E-state index in [0.717, 1.165) is 11.3 Å². The molecule has 2 fully saturated rings. The van der Waals surface area contributed by atoms with Crippen molar-refractivity contribution in [2.24, 2.45) is 0 Å². The van der Waals surface area contributed by atoms with Gasteiger partial charge < -0.3 is 10.1 Å². The first-order valence-corrected chi connectivity index (χ1v) is 12.8. The van der Waals surface area contributed by atoms with Crippen molar-refractivity contribution in [1.29, 1.82) is 0 Å². The van der Waals surface area contributed by atoms with Crippen molar-refractivity contribution < 1.29 is 27.1 Å². The van der Waals surface area contributed by atoms with Gasteiger partial charge in [0.2, 0.25) is 10.0 Å². The van der Waals surface area contributed by atoms with Crippen LogP contribution in [0.3, 0.4) is 0 Å².